The van der Waals surface area contributed by atoms with Gasteiger partial charge in [0.2, 0.25) is 6.79 Å². The Morgan fingerprint density at radius 2 is 2.00 bits per heavy atom. The SMILES string of the molecule is CCOC(=O)Cn1nnnc1C(CC)N(Cc1cc2cc3c(cc2[nH]c1=O)OCO3)C1CCCC1. The van der Waals surface area contributed by atoms with Gasteiger partial charge in [-0.15, -0.1) is 5.10 Å². The summed E-state index contributed by atoms with van der Waals surface area (Å²) in [6.07, 6.45) is 5.09. The molecule has 0 spiro atoms. The lowest BCUT2D eigenvalue weighted by molar-refractivity contribution is -0.144. The number of carbonyl (C=O) groups is 1. The van der Waals surface area contributed by atoms with Crippen LogP contribution in [0.2, 0.25) is 0 Å². The number of tetrazole rings is 1. The minimum atomic E-state index is -0.381. The van der Waals surface area contributed by atoms with Gasteiger partial charge in [-0.3, -0.25) is 14.5 Å². The number of H-pyrrole nitrogens is 1. The maximum atomic E-state index is 13.1. The van der Waals surface area contributed by atoms with Crippen molar-refractivity contribution in [3.8, 4) is 11.5 Å². The maximum Gasteiger partial charge on any atom is 0.327 e. The summed E-state index contributed by atoms with van der Waals surface area (Å²) in [5.74, 6) is 1.53. The molecule has 0 radical (unpaired) electrons. The lowest BCUT2D eigenvalue weighted by Gasteiger charge is -2.35. The minimum Gasteiger partial charge on any atom is -0.465 e. The number of ether oxygens (including phenoxy) is 3. The van der Waals surface area contributed by atoms with Crippen LogP contribution in [0.1, 0.15) is 63.4 Å². The van der Waals surface area contributed by atoms with E-state index in [1.54, 1.807) is 13.0 Å². The van der Waals surface area contributed by atoms with Crippen LogP contribution in [0.25, 0.3) is 10.9 Å². The summed E-state index contributed by atoms with van der Waals surface area (Å²) in [5.41, 5.74) is 1.23. The number of rotatable bonds is 9. The predicted molar refractivity (Wildman–Crippen MR) is 126 cm³/mol. The molecule has 35 heavy (non-hydrogen) atoms. The average Bonchev–Trinajstić information content (AvgIpc) is 3.60. The zero-order valence-electron chi connectivity index (χ0n) is 20.0. The zero-order valence-corrected chi connectivity index (χ0v) is 20.0. The van der Waals surface area contributed by atoms with Crippen molar-refractivity contribution in [2.45, 2.75) is 71.1 Å². The van der Waals surface area contributed by atoms with Crippen LogP contribution in [0.15, 0.2) is 23.0 Å². The molecule has 1 aliphatic carbocycles. The van der Waals surface area contributed by atoms with E-state index in [2.05, 4.69) is 32.3 Å². The van der Waals surface area contributed by atoms with Crippen molar-refractivity contribution >= 4 is 16.9 Å². The smallest absolute Gasteiger partial charge is 0.327 e. The van der Waals surface area contributed by atoms with Crippen LogP contribution in [0.4, 0.5) is 0 Å². The van der Waals surface area contributed by atoms with Crippen molar-refractivity contribution < 1.29 is 19.0 Å². The number of pyridine rings is 1. The van der Waals surface area contributed by atoms with E-state index in [1.165, 1.54) is 4.68 Å². The van der Waals surface area contributed by atoms with Gasteiger partial charge in [-0.05, 0) is 48.7 Å². The van der Waals surface area contributed by atoms with Gasteiger partial charge >= 0.3 is 5.97 Å². The Bertz CT molecular complexity index is 1270. The fraction of sp³-hybridized carbons (Fsp3) is 0.542. The number of esters is 1. The Labute approximate surface area is 202 Å². The molecule has 11 heteroatoms. The van der Waals surface area contributed by atoms with Gasteiger partial charge in [0.1, 0.15) is 6.54 Å². The second-order valence-corrected chi connectivity index (χ2v) is 8.95. The van der Waals surface area contributed by atoms with Gasteiger partial charge < -0.3 is 19.2 Å². The number of benzene rings is 1. The highest BCUT2D eigenvalue weighted by Crippen LogP contribution is 2.36. The lowest BCUT2D eigenvalue weighted by atomic mass is 10.0. The largest absolute Gasteiger partial charge is 0.465 e. The molecule has 1 fully saturated rings. The topological polar surface area (TPSA) is 124 Å². The third-order valence-electron chi connectivity index (χ3n) is 6.79. The molecular weight excluding hydrogens is 452 g/mol. The zero-order chi connectivity index (χ0) is 24.4. The summed E-state index contributed by atoms with van der Waals surface area (Å²) in [6, 6.07) is 5.75. The summed E-state index contributed by atoms with van der Waals surface area (Å²) >= 11 is 0. The molecule has 3 aromatic rings. The van der Waals surface area contributed by atoms with Gasteiger partial charge in [-0.25, -0.2) is 4.68 Å². The molecule has 0 bridgehead atoms. The molecule has 186 valence electrons. The van der Waals surface area contributed by atoms with E-state index < -0.39 is 0 Å². The molecule has 1 N–H and O–H groups in total. The quantitative estimate of drug-likeness (QED) is 0.458. The standard InChI is InChI=1S/C24H30N6O5/c1-3-19(23-26-27-28-30(23)13-22(31)33-4-2)29(17-7-5-6-8-17)12-16-9-15-10-20-21(35-14-34-20)11-18(15)25-24(16)32/h9-11,17,19H,3-8,12-14H2,1-2H3,(H,25,32). The third kappa shape index (κ3) is 4.72. The summed E-state index contributed by atoms with van der Waals surface area (Å²) in [5, 5.41) is 13.1. The maximum absolute atomic E-state index is 13.1. The van der Waals surface area contributed by atoms with Crippen molar-refractivity contribution in [1.29, 1.82) is 0 Å². The monoisotopic (exact) mass is 482 g/mol. The van der Waals surface area contributed by atoms with Crippen LogP contribution < -0.4 is 15.0 Å². The van der Waals surface area contributed by atoms with Crippen LogP contribution in [0, 0.1) is 0 Å². The van der Waals surface area contributed by atoms with Crippen molar-refractivity contribution in [1.82, 2.24) is 30.1 Å². The number of hydrogen-bond donors (Lipinski definition) is 1. The summed E-state index contributed by atoms with van der Waals surface area (Å²) in [6.45, 7) is 4.71. The molecule has 1 aromatic carbocycles. The molecule has 0 saturated heterocycles. The highest BCUT2D eigenvalue weighted by molar-refractivity contribution is 5.83. The Hall–Kier alpha value is -3.47. The number of aromatic nitrogens is 5. The third-order valence-corrected chi connectivity index (χ3v) is 6.79. The highest BCUT2D eigenvalue weighted by atomic mass is 16.7. The van der Waals surface area contributed by atoms with E-state index in [-0.39, 0.29) is 30.9 Å². The summed E-state index contributed by atoms with van der Waals surface area (Å²) in [4.78, 5) is 30.6. The molecule has 1 unspecified atom stereocenters. The number of nitrogens with one attached hydrogen (secondary N) is 1. The predicted octanol–water partition coefficient (Wildman–Crippen LogP) is 2.70. The second-order valence-electron chi connectivity index (χ2n) is 8.95. The van der Waals surface area contributed by atoms with Gasteiger partial charge in [0.05, 0.1) is 18.2 Å². The number of fused-ring (bicyclic) bond motifs is 2. The van der Waals surface area contributed by atoms with E-state index >= 15 is 0 Å². The average molecular weight is 483 g/mol. The van der Waals surface area contributed by atoms with Crippen molar-refractivity contribution in [3.05, 3.63) is 39.9 Å². The number of hydrogen-bond acceptors (Lipinski definition) is 9. The Kier molecular flexibility index (Phi) is 6.67. The summed E-state index contributed by atoms with van der Waals surface area (Å²) in [7, 11) is 0. The van der Waals surface area contributed by atoms with E-state index in [4.69, 9.17) is 14.2 Å². The molecule has 11 nitrogen and oxygen atoms in total. The van der Waals surface area contributed by atoms with Gasteiger partial charge in [-0.1, -0.05) is 19.8 Å². The van der Waals surface area contributed by atoms with Gasteiger partial charge in [0.15, 0.2) is 17.3 Å². The first-order valence-corrected chi connectivity index (χ1v) is 12.2. The molecule has 1 aliphatic heterocycles. The van der Waals surface area contributed by atoms with E-state index in [1.807, 2.05) is 12.1 Å². The molecule has 3 heterocycles. The van der Waals surface area contributed by atoms with Gasteiger partial charge in [0.25, 0.3) is 5.56 Å². The molecule has 2 aliphatic rings. The normalized spacial score (nSPS) is 16.3. The Morgan fingerprint density at radius 1 is 1.23 bits per heavy atom. The molecule has 0 amide bonds. The van der Waals surface area contributed by atoms with E-state index in [0.29, 0.717) is 47.6 Å². The first-order chi connectivity index (χ1) is 17.1. The van der Waals surface area contributed by atoms with Crippen LogP contribution in [0.5, 0.6) is 11.5 Å². The van der Waals surface area contributed by atoms with E-state index in [0.717, 1.165) is 37.5 Å². The van der Waals surface area contributed by atoms with Crippen molar-refractivity contribution in [2.24, 2.45) is 0 Å². The number of nitrogens with zero attached hydrogens (tertiary/aromatic N) is 5. The van der Waals surface area contributed by atoms with Gasteiger partial charge in [-0.2, -0.15) is 0 Å². The number of aromatic amines is 1. The highest BCUT2D eigenvalue weighted by Gasteiger charge is 2.33. The van der Waals surface area contributed by atoms with Crippen LogP contribution in [-0.4, -0.2) is 55.5 Å². The fourth-order valence-electron chi connectivity index (χ4n) is 5.14. The van der Waals surface area contributed by atoms with Crippen LogP contribution >= 0.6 is 0 Å². The molecule has 5 rings (SSSR count). The van der Waals surface area contributed by atoms with Crippen LogP contribution in [-0.2, 0) is 22.6 Å². The molecule has 1 saturated carbocycles. The molecule has 1 atom stereocenters. The van der Waals surface area contributed by atoms with Gasteiger partial charge in [0, 0.05) is 29.6 Å². The van der Waals surface area contributed by atoms with Crippen molar-refractivity contribution in [2.75, 3.05) is 13.4 Å². The summed E-state index contributed by atoms with van der Waals surface area (Å²) < 4.78 is 17.6. The van der Waals surface area contributed by atoms with Crippen LogP contribution in [0.3, 0.4) is 0 Å². The lowest BCUT2D eigenvalue weighted by Crippen LogP contribution is -2.39. The minimum absolute atomic E-state index is 0.0467. The van der Waals surface area contributed by atoms with E-state index in [9.17, 15) is 9.59 Å². The molecule has 2 aromatic heterocycles. The molecular formula is C24H30N6O5. The Balaban J connectivity index is 1.48. The Morgan fingerprint density at radius 3 is 2.74 bits per heavy atom. The first-order valence-electron chi connectivity index (χ1n) is 12.2. The first kappa shape index (κ1) is 23.3. The number of carbonyl (C=O) groups excluding carboxylic acids is 1. The van der Waals surface area contributed by atoms with Crippen molar-refractivity contribution in [3.63, 3.8) is 0 Å². The second kappa shape index (κ2) is 10.0. The fourth-order valence-corrected chi connectivity index (χ4v) is 5.14.